The topological polar surface area (TPSA) is 42.6 Å². The van der Waals surface area contributed by atoms with E-state index in [1.54, 1.807) is 0 Å². The minimum atomic E-state index is -0.979. The van der Waals surface area contributed by atoms with Crippen LogP contribution < -0.4 is 0 Å². The lowest BCUT2D eigenvalue weighted by Gasteiger charge is -2.22. The SMILES string of the molecule is Cc1ccc2oc(C3(O)CCOC3C)cc2c1. The van der Waals surface area contributed by atoms with E-state index in [0.29, 0.717) is 18.8 Å². The van der Waals surface area contributed by atoms with Gasteiger partial charge in [0.25, 0.3) is 0 Å². The highest BCUT2D eigenvalue weighted by Gasteiger charge is 2.43. The van der Waals surface area contributed by atoms with Crippen LogP contribution in [0.3, 0.4) is 0 Å². The highest BCUT2D eigenvalue weighted by Crippen LogP contribution is 2.38. The minimum Gasteiger partial charge on any atom is -0.458 e. The van der Waals surface area contributed by atoms with Crippen LogP contribution in [-0.4, -0.2) is 17.8 Å². The fourth-order valence-electron chi connectivity index (χ4n) is 2.43. The second-order valence-electron chi connectivity index (χ2n) is 4.84. The molecule has 1 aromatic carbocycles. The number of hydrogen-bond donors (Lipinski definition) is 1. The Morgan fingerprint density at radius 1 is 1.35 bits per heavy atom. The van der Waals surface area contributed by atoms with Gasteiger partial charge in [-0.2, -0.15) is 0 Å². The molecule has 90 valence electrons. The van der Waals surface area contributed by atoms with Crippen LogP contribution in [-0.2, 0) is 10.3 Å². The molecule has 2 aromatic rings. The molecule has 1 fully saturated rings. The predicted octanol–water partition coefficient (Wildman–Crippen LogP) is 2.74. The summed E-state index contributed by atoms with van der Waals surface area (Å²) in [5.41, 5.74) is 1.03. The van der Waals surface area contributed by atoms with Crippen LogP contribution >= 0.6 is 0 Å². The molecule has 0 aliphatic carbocycles. The Hall–Kier alpha value is -1.32. The predicted molar refractivity (Wildman–Crippen MR) is 64.9 cm³/mol. The summed E-state index contributed by atoms with van der Waals surface area (Å²) in [5, 5.41) is 11.6. The zero-order valence-electron chi connectivity index (χ0n) is 10.1. The molecule has 3 heteroatoms. The molecule has 0 bridgehead atoms. The smallest absolute Gasteiger partial charge is 0.150 e. The lowest BCUT2D eigenvalue weighted by Crippen LogP contribution is -2.32. The Morgan fingerprint density at radius 3 is 2.88 bits per heavy atom. The fraction of sp³-hybridized carbons (Fsp3) is 0.429. The Kier molecular flexibility index (Phi) is 2.28. The summed E-state index contributed by atoms with van der Waals surface area (Å²) in [6.07, 6.45) is 0.372. The highest BCUT2D eigenvalue weighted by molar-refractivity contribution is 5.78. The highest BCUT2D eigenvalue weighted by atomic mass is 16.5. The number of ether oxygens (including phenoxy) is 1. The third-order valence-corrected chi connectivity index (χ3v) is 3.62. The van der Waals surface area contributed by atoms with Crippen LogP contribution in [0, 0.1) is 6.92 Å². The summed E-state index contributed by atoms with van der Waals surface area (Å²) in [7, 11) is 0. The van der Waals surface area contributed by atoms with Crippen LogP contribution in [0.2, 0.25) is 0 Å². The van der Waals surface area contributed by atoms with Gasteiger partial charge in [-0.05, 0) is 32.0 Å². The van der Waals surface area contributed by atoms with Gasteiger partial charge in [-0.15, -0.1) is 0 Å². The molecule has 0 radical (unpaired) electrons. The van der Waals surface area contributed by atoms with Crippen molar-refractivity contribution in [2.75, 3.05) is 6.61 Å². The van der Waals surface area contributed by atoms with Gasteiger partial charge in [0, 0.05) is 11.8 Å². The van der Waals surface area contributed by atoms with Gasteiger partial charge >= 0.3 is 0 Å². The molecule has 1 aliphatic heterocycles. The second kappa shape index (κ2) is 3.59. The van der Waals surface area contributed by atoms with Crippen LogP contribution in [0.4, 0.5) is 0 Å². The van der Waals surface area contributed by atoms with Crippen molar-refractivity contribution in [3.8, 4) is 0 Å². The van der Waals surface area contributed by atoms with E-state index in [9.17, 15) is 5.11 Å². The minimum absolute atomic E-state index is 0.218. The van der Waals surface area contributed by atoms with Gasteiger partial charge in [0.2, 0.25) is 0 Å². The average molecular weight is 232 g/mol. The Bertz CT molecular complexity index is 558. The molecule has 1 aliphatic rings. The normalized spacial score (nSPS) is 29.0. The maximum Gasteiger partial charge on any atom is 0.150 e. The van der Waals surface area contributed by atoms with Gasteiger partial charge in [0.1, 0.15) is 16.9 Å². The number of aryl methyl sites for hydroxylation is 1. The molecule has 0 amide bonds. The van der Waals surface area contributed by atoms with E-state index in [-0.39, 0.29) is 6.10 Å². The molecule has 17 heavy (non-hydrogen) atoms. The molecule has 1 N–H and O–H groups in total. The summed E-state index contributed by atoms with van der Waals surface area (Å²) in [4.78, 5) is 0. The van der Waals surface area contributed by atoms with E-state index in [1.165, 1.54) is 5.56 Å². The largest absolute Gasteiger partial charge is 0.458 e. The van der Waals surface area contributed by atoms with Gasteiger partial charge in [-0.25, -0.2) is 0 Å². The van der Waals surface area contributed by atoms with Crippen molar-refractivity contribution in [3.63, 3.8) is 0 Å². The number of hydrogen-bond acceptors (Lipinski definition) is 3. The van der Waals surface area contributed by atoms with Crippen molar-refractivity contribution >= 4 is 11.0 Å². The summed E-state index contributed by atoms with van der Waals surface area (Å²) in [6.45, 7) is 4.50. The Morgan fingerprint density at radius 2 is 2.18 bits per heavy atom. The van der Waals surface area contributed by atoms with Gasteiger partial charge in [-0.3, -0.25) is 0 Å². The third-order valence-electron chi connectivity index (χ3n) is 3.62. The summed E-state index contributed by atoms with van der Waals surface area (Å²) < 4.78 is 11.2. The van der Waals surface area contributed by atoms with Crippen molar-refractivity contribution in [2.24, 2.45) is 0 Å². The van der Waals surface area contributed by atoms with Crippen molar-refractivity contribution in [1.29, 1.82) is 0 Å². The first-order valence-corrected chi connectivity index (χ1v) is 5.94. The van der Waals surface area contributed by atoms with Crippen LogP contribution in [0.25, 0.3) is 11.0 Å². The van der Waals surface area contributed by atoms with Crippen molar-refractivity contribution in [1.82, 2.24) is 0 Å². The van der Waals surface area contributed by atoms with E-state index in [2.05, 4.69) is 6.07 Å². The van der Waals surface area contributed by atoms with Gasteiger partial charge in [0.15, 0.2) is 0 Å². The lowest BCUT2D eigenvalue weighted by molar-refractivity contribution is -0.0451. The zero-order chi connectivity index (χ0) is 12.0. The molecule has 0 saturated carbocycles. The first kappa shape index (κ1) is 10.8. The third kappa shape index (κ3) is 1.58. The molecule has 1 saturated heterocycles. The van der Waals surface area contributed by atoms with Gasteiger partial charge in [-0.1, -0.05) is 11.6 Å². The molecule has 2 unspecified atom stereocenters. The summed E-state index contributed by atoms with van der Waals surface area (Å²) in [5.74, 6) is 0.614. The van der Waals surface area contributed by atoms with Crippen LogP contribution in [0.5, 0.6) is 0 Å². The van der Waals surface area contributed by atoms with Crippen molar-refractivity contribution < 1.29 is 14.3 Å². The van der Waals surface area contributed by atoms with E-state index >= 15 is 0 Å². The molecular weight excluding hydrogens is 216 g/mol. The number of furan rings is 1. The van der Waals surface area contributed by atoms with Crippen molar-refractivity contribution in [2.45, 2.75) is 32.0 Å². The standard InChI is InChI=1S/C14H16O3/c1-9-3-4-12-11(7-9)8-13(17-12)14(15)5-6-16-10(14)2/h3-4,7-8,10,15H,5-6H2,1-2H3. The average Bonchev–Trinajstić information content (AvgIpc) is 2.84. The number of aliphatic hydroxyl groups is 1. The van der Waals surface area contributed by atoms with Gasteiger partial charge < -0.3 is 14.3 Å². The molecule has 3 rings (SSSR count). The number of rotatable bonds is 1. The van der Waals surface area contributed by atoms with E-state index in [1.807, 2.05) is 32.0 Å². The second-order valence-corrected chi connectivity index (χ2v) is 4.84. The molecular formula is C14H16O3. The van der Waals surface area contributed by atoms with E-state index < -0.39 is 5.60 Å². The number of benzene rings is 1. The summed E-state index contributed by atoms with van der Waals surface area (Å²) >= 11 is 0. The quantitative estimate of drug-likeness (QED) is 0.822. The van der Waals surface area contributed by atoms with E-state index in [0.717, 1.165) is 11.0 Å². The molecule has 0 spiro atoms. The first-order valence-electron chi connectivity index (χ1n) is 5.94. The molecule has 2 atom stereocenters. The molecule has 2 heterocycles. The fourth-order valence-corrected chi connectivity index (χ4v) is 2.43. The number of fused-ring (bicyclic) bond motifs is 1. The van der Waals surface area contributed by atoms with Crippen LogP contribution in [0.15, 0.2) is 28.7 Å². The Balaban J connectivity index is 2.12. The lowest BCUT2D eigenvalue weighted by atomic mass is 9.93. The monoisotopic (exact) mass is 232 g/mol. The van der Waals surface area contributed by atoms with E-state index in [4.69, 9.17) is 9.15 Å². The van der Waals surface area contributed by atoms with Crippen LogP contribution in [0.1, 0.15) is 24.7 Å². The Labute approximate surface area is 100.0 Å². The maximum atomic E-state index is 10.6. The molecule has 3 nitrogen and oxygen atoms in total. The molecule has 1 aromatic heterocycles. The zero-order valence-corrected chi connectivity index (χ0v) is 10.1. The first-order chi connectivity index (χ1) is 8.09. The van der Waals surface area contributed by atoms with Crippen molar-refractivity contribution in [3.05, 3.63) is 35.6 Å². The summed E-state index contributed by atoms with van der Waals surface area (Å²) in [6, 6.07) is 7.94. The maximum absolute atomic E-state index is 10.6. The van der Waals surface area contributed by atoms with Gasteiger partial charge in [0.05, 0.1) is 12.7 Å².